The van der Waals surface area contributed by atoms with Crippen LogP contribution in [-0.4, -0.2) is 22.9 Å². The lowest BCUT2D eigenvalue weighted by molar-refractivity contribution is 0.261. The first kappa shape index (κ1) is 21.6. The van der Waals surface area contributed by atoms with Crippen LogP contribution in [0.4, 0.5) is 38.1 Å². The lowest BCUT2D eigenvalue weighted by Gasteiger charge is -2.17. The van der Waals surface area contributed by atoms with E-state index in [-0.39, 0.29) is 10.2 Å². The predicted octanol–water partition coefficient (Wildman–Crippen LogP) is 5.20. The molecule has 0 atom stereocenters. The Morgan fingerprint density at radius 2 is 1.80 bits per heavy atom. The fourth-order valence-corrected chi connectivity index (χ4v) is 3.25. The largest absolute Gasteiger partial charge is 0.493 e. The number of aryl methyl sites for hydroxylation is 1. The molecule has 3 rings (SSSR count). The zero-order valence-corrected chi connectivity index (χ0v) is 16.9. The number of carbonyl (C=O) groups excluding carboxylic acids is 1. The number of aromatic nitrogens is 2. The first-order chi connectivity index (χ1) is 14.1. The second kappa shape index (κ2) is 8.30. The van der Waals surface area contributed by atoms with Gasteiger partial charge in [-0.2, -0.15) is 9.49 Å². The molecule has 158 valence electrons. The monoisotopic (exact) mass is 490 g/mol. The summed E-state index contributed by atoms with van der Waals surface area (Å²) in [5, 5.41) is 7.64. The van der Waals surface area contributed by atoms with Crippen LogP contribution in [-0.2, 0) is 7.05 Å². The average Bonchev–Trinajstić information content (AvgIpc) is 3.02. The van der Waals surface area contributed by atoms with Gasteiger partial charge in [0.05, 0.1) is 34.7 Å². The highest BCUT2D eigenvalue weighted by molar-refractivity contribution is 9.10. The maximum atomic E-state index is 15.2. The summed E-state index contributed by atoms with van der Waals surface area (Å²) in [4.78, 5) is 12.1. The van der Waals surface area contributed by atoms with E-state index < -0.39 is 57.8 Å². The van der Waals surface area contributed by atoms with Gasteiger partial charge >= 0.3 is 6.03 Å². The van der Waals surface area contributed by atoms with Crippen molar-refractivity contribution in [3.8, 4) is 17.0 Å². The van der Waals surface area contributed by atoms with Crippen molar-refractivity contribution in [1.82, 2.24) is 9.78 Å². The van der Waals surface area contributed by atoms with Crippen molar-refractivity contribution >= 4 is 33.3 Å². The van der Waals surface area contributed by atoms with Gasteiger partial charge in [-0.1, -0.05) is 0 Å². The zero-order valence-electron chi connectivity index (χ0n) is 15.3. The van der Waals surface area contributed by atoms with Gasteiger partial charge in [0.1, 0.15) is 17.3 Å². The molecule has 0 aliphatic carbocycles. The average molecular weight is 491 g/mol. The molecule has 2 aromatic carbocycles. The highest BCUT2D eigenvalue weighted by Gasteiger charge is 2.30. The fraction of sp³-hybridized carbons (Fsp3) is 0.111. The van der Waals surface area contributed by atoms with Crippen LogP contribution in [0.2, 0.25) is 0 Å². The second-order valence-corrected chi connectivity index (χ2v) is 6.75. The van der Waals surface area contributed by atoms with E-state index in [1.165, 1.54) is 17.9 Å². The number of nitrogens with zero attached hydrogens (tertiary/aromatic N) is 2. The van der Waals surface area contributed by atoms with Crippen LogP contribution in [0, 0.1) is 29.1 Å². The molecule has 0 aliphatic rings. The van der Waals surface area contributed by atoms with E-state index in [9.17, 15) is 22.4 Å². The third kappa shape index (κ3) is 3.82. The molecule has 0 fully saturated rings. The molecule has 0 bridgehead atoms. The topological polar surface area (TPSA) is 68.2 Å². The molecule has 0 radical (unpaired) electrons. The standard InChI is InChI=1S/C18H12BrF5N4O2/c1-28-16(8(19)6-25-28)11-12(22)15(13(23)14(24)17(11)30-2)27-18(29)26-10-4-3-7(20)5-9(10)21/h3-6H,1-2H3,(H2,26,27,29). The highest BCUT2D eigenvalue weighted by Crippen LogP contribution is 2.43. The Morgan fingerprint density at radius 1 is 1.10 bits per heavy atom. The Bertz CT molecular complexity index is 1130. The van der Waals surface area contributed by atoms with Gasteiger partial charge in [-0.05, 0) is 28.1 Å². The quantitative estimate of drug-likeness (QED) is 0.390. The second-order valence-electron chi connectivity index (χ2n) is 5.89. The van der Waals surface area contributed by atoms with E-state index >= 15 is 4.39 Å². The molecule has 1 aromatic heterocycles. The number of hydrogen-bond acceptors (Lipinski definition) is 3. The van der Waals surface area contributed by atoms with Crippen LogP contribution in [0.25, 0.3) is 11.3 Å². The summed E-state index contributed by atoms with van der Waals surface area (Å²) in [7, 11) is 2.44. The number of hydrogen-bond donors (Lipinski definition) is 2. The minimum absolute atomic E-state index is 0.0105. The minimum Gasteiger partial charge on any atom is -0.493 e. The van der Waals surface area contributed by atoms with Crippen molar-refractivity contribution in [3.05, 3.63) is 58.0 Å². The summed E-state index contributed by atoms with van der Waals surface area (Å²) < 4.78 is 77.1. The van der Waals surface area contributed by atoms with Crippen LogP contribution in [0.1, 0.15) is 0 Å². The van der Waals surface area contributed by atoms with Gasteiger partial charge < -0.3 is 15.4 Å². The number of urea groups is 1. The van der Waals surface area contributed by atoms with Gasteiger partial charge in [0.2, 0.25) is 5.82 Å². The maximum Gasteiger partial charge on any atom is 0.323 e. The van der Waals surface area contributed by atoms with Gasteiger partial charge in [-0.25, -0.2) is 22.4 Å². The molecule has 0 saturated carbocycles. The van der Waals surface area contributed by atoms with Crippen molar-refractivity contribution in [2.45, 2.75) is 0 Å². The molecular weight excluding hydrogens is 479 g/mol. The third-order valence-electron chi connectivity index (χ3n) is 4.03. The SMILES string of the molecule is COc1c(F)c(F)c(NC(=O)Nc2ccc(F)cc2F)c(F)c1-c1c(Br)cnn1C. The third-order valence-corrected chi connectivity index (χ3v) is 4.61. The van der Waals surface area contributed by atoms with Gasteiger partial charge in [0.25, 0.3) is 0 Å². The van der Waals surface area contributed by atoms with Crippen molar-refractivity contribution in [3.63, 3.8) is 0 Å². The Hall–Kier alpha value is -3.15. The van der Waals surface area contributed by atoms with Crippen molar-refractivity contribution < 1.29 is 31.5 Å². The Labute approximate surface area is 174 Å². The van der Waals surface area contributed by atoms with Crippen LogP contribution in [0.3, 0.4) is 0 Å². The van der Waals surface area contributed by atoms with Gasteiger partial charge in [0, 0.05) is 13.1 Å². The van der Waals surface area contributed by atoms with Gasteiger partial charge in [-0.3, -0.25) is 4.68 Å². The van der Waals surface area contributed by atoms with E-state index in [2.05, 4.69) is 21.0 Å². The summed E-state index contributed by atoms with van der Waals surface area (Å²) in [6, 6.07) is 0.981. The van der Waals surface area contributed by atoms with Crippen LogP contribution in [0.15, 0.2) is 28.9 Å². The van der Waals surface area contributed by atoms with Crippen molar-refractivity contribution in [2.75, 3.05) is 17.7 Å². The molecule has 0 unspecified atom stereocenters. The van der Waals surface area contributed by atoms with E-state index in [1.54, 1.807) is 5.32 Å². The molecule has 2 amide bonds. The number of halogens is 6. The Morgan fingerprint density at radius 3 is 2.37 bits per heavy atom. The summed E-state index contributed by atoms with van der Waals surface area (Å²) in [5.74, 6) is -7.41. The smallest absolute Gasteiger partial charge is 0.323 e. The molecule has 0 spiro atoms. The van der Waals surface area contributed by atoms with Crippen LogP contribution < -0.4 is 15.4 Å². The molecule has 30 heavy (non-hydrogen) atoms. The van der Waals surface area contributed by atoms with E-state index in [1.807, 2.05) is 5.32 Å². The fourth-order valence-electron chi connectivity index (χ4n) is 2.70. The lowest BCUT2D eigenvalue weighted by atomic mass is 10.1. The number of amides is 2. The Kier molecular flexibility index (Phi) is 5.97. The maximum absolute atomic E-state index is 15.2. The molecule has 12 heteroatoms. The minimum atomic E-state index is -1.74. The molecule has 0 saturated heterocycles. The number of rotatable bonds is 4. The molecule has 2 N–H and O–H groups in total. The number of methoxy groups -OCH3 is 1. The van der Waals surface area contributed by atoms with Gasteiger partial charge in [0.15, 0.2) is 17.4 Å². The van der Waals surface area contributed by atoms with E-state index in [0.717, 1.165) is 19.2 Å². The number of benzene rings is 2. The Balaban J connectivity index is 2.06. The van der Waals surface area contributed by atoms with Crippen LogP contribution in [0.5, 0.6) is 5.75 Å². The van der Waals surface area contributed by atoms with Gasteiger partial charge in [-0.15, -0.1) is 0 Å². The highest BCUT2D eigenvalue weighted by atomic mass is 79.9. The molecular formula is C18H12BrF5N4O2. The summed E-state index contributed by atoms with van der Waals surface area (Å²) >= 11 is 3.13. The summed E-state index contributed by atoms with van der Waals surface area (Å²) in [5.41, 5.74) is -2.10. The number of nitrogens with one attached hydrogen (secondary N) is 2. The summed E-state index contributed by atoms with van der Waals surface area (Å²) in [6.45, 7) is 0. The normalized spacial score (nSPS) is 10.8. The lowest BCUT2D eigenvalue weighted by Crippen LogP contribution is -2.22. The number of ether oxygens (including phenoxy) is 1. The van der Waals surface area contributed by atoms with E-state index in [0.29, 0.717) is 6.07 Å². The van der Waals surface area contributed by atoms with Crippen LogP contribution >= 0.6 is 15.9 Å². The van der Waals surface area contributed by atoms with Crippen molar-refractivity contribution in [2.24, 2.45) is 7.05 Å². The predicted molar refractivity (Wildman–Crippen MR) is 102 cm³/mol. The number of anilines is 2. The molecule has 3 aromatic rings. The summed E-state index contributed by atoms with van der Waals surface area (Å²) in [6.07, 6.45) is 1.30. The zero-order chi connectivity index (χ0) is 22.2. The first-order valence-electron chi connectivity index (χ1n) is 8.11. The number of carbonyl (C=O) groups is 1. The van der Waals surface area contributed by atoms with Crippen molar-refractivity contribution in [1.29, 1.82) is 0 Å². The van der Waals surface area contributed by atoms with E-state index in [4.69, 9.17) is 4.74 Å². The molecule has 6 nitrogen and oxygen atoms in total. The molecule has 1 heterocycles. The molecule has 0 aliphatic heterocycles. The first-order valence-corrected chi connectivity index (χ1v) is 8.90.